The second kappa shape index (κ2) is 6.35. The molecule has 0 heterocycles. The van der Waals surface area contributed by atoms with Crippen LogP contribution in [0.5, 0.6) is 0 Å². The van der Waals surface area contributed by atoms with Crippen molar-refractivity contribution in [2.75, 3.05) is 14.1 Å². The van der Waals surface area contributed by atoms with Crippen molar-refractivity contribution >= 4 is 17.2 Å². The molecule has 0 saturated carbocycles. The van der Waals surface area contributed by atoms with Gasteiger partial charge in [-0.2, -0.15) is 13.2 Å². The fraction of sp³-hybridized carbons (Fsp3) is 0.250. The van der Waals surface area contributed by atoms with Crippen LogP contribution in [-0.2, 0) is 4.79 Å². The lowest BCUT2D eigenvalue weighted by Crippen LogP contribution is -2.30. The van der Waals surface area contributed by atoms with E-state index in [2.05, 4.69) is 5.43 Å². The minimum atomic E-state index is -4.99. The molecule has 114 valence electrons. The van der Waals surface area contributed by atoms with Crippen LogP contribution in [0, 0.1) is 10.1 Å². The van der Waals surface area contributed by atoms with Crippen molar-refractivity contribution in [3.8, 4) is 0 Å². The Balaban J connectivity index is 3.16. The fourth-order valence-corrected chi connectivity index (χ4v) is 1.40. The van der Waals surface area contributed by atoms with Crippen LogP contribution >= 0.6 is 0 Å². The summed E-state index contributed by atoms with van der Waals surface area (Å²) < 4.78 is 36.9. The summed E-state index contributed by atoms with van der Waals surface area (Å²) in [6, 6.07) is 4.78. The summed E-state index contributed by atoms with van der Waals surface area (Å²) in [5.74, 6) is -2.02. The van der Waals surface area contributed by atoms with E-state index in [1.165, 1.54) is 31.2 Å². The van der Waals surface area contributed by atoms with Crippen molar-refractivity contribution in [2.24, 2.45) is 0 Å². The maximum absolute atomic E-state index is 12.3. The van der Waals surface area contributed by atoms with E-state index in [9.17, 15) is 28.1 Å². The summed E-state index contributed by atoms with van der Waals surface area (Å²) in [7, 11) is 3.05. The fourth-order valence-electron chi connectivity index (χ4n) is 1.40. The number of alkyl halides is 3. The predicted molar refractivity (Wildman–Crippen MR) is 69.0 cm³/mol. The molecule has 0 spiro atoms. The van der Waals surface area contributed by atoms with E-state index in [0.29, 0.717) is 6.08 Å². The first kappa shape index (κ1) is 16.6. The van der Waals surface area contributed by atoms with Crippen molar-refractivity contribution in [2.45, 2.75) is 6.18 Å². The summed E-state index contributed by atoms with van der Waals surface area (Å²) in [5.41, 5.74) is 2.45. The van der Waals surface area contributed by atoms with Crippen molar-refractivity contribution in [3.05, 3.63) is 46.0 Å². The number of hydrogen-bond acceptors (Lipinski definition) is 5. The summed E-state index contributed by atoms with van der Waals surface area (Å²) in [5, 5.41) is 11.9. The molecule has 0 fully saturated rings. The molecule has 0 atom stereocenters. The third-order valence-corrected chi connectivity index (χ3v) is 2.29. The minimum Gasteiger partial charge on any atom is -0.319 e. The minimum absolute atomic E-state index is 0.114. The zero-order valence-electron chi connectivity index (χ0n) is 11.1. The summed E-state index contributed by atoms with van der Waals surface area (Å²) in [6.07, 6.45) is -4.58. The first-order chi connectivity index (χ1) is 9.61. The van der Waals surface area contributed by atoms with Crippen molar-refractivity contribution < 1.29 is 22.9 Å². The van der Waals surface area contributed by atoms with E-state index in [4.69, 9.17) is 0 Å². The van der Waals surface area contributed by atoms with Gasteiger partial charge in [0.05, 0.1) is 10.6 Å². The van der Waals surface area contributed by atoms with Crippen molar-refractivity contribution in [1.29, 1.82) is 0 Å². The SMILES string of the molecule is CN(C)NC(=CC(=O)C(F)(F)F)c1ccc([N+](=O)[O-])cc1. The lowest BCUT2D eigenvalue weighted by Gasteiger charge is -2.17. The van der Waals surface area contributed by atoms with Gasteiger partial charge in [0.1, 0.15) is 0 Å². The van der Waals surface area contributed by atoms with Crippen LogP contribution in [0.15, 0.2) is 30.3 Å². The molecule has 0 aliphatic heterocycles. The molecular weight excluding hydrogens is 291 g/mol. The molecule has 9 heteroatoms. The van der Waals surface area contributed by atoms with Gasteiger partial charge in [0.25, 0.3) is 11.5 Å². The quantitative estimate of drug-likeness (QED) is 0.512. The summed E-state index contributed by atoms with van der Waals surface area (Å²) in [4.78, 5) is 20.9. The number of nitrogens with one attached hydrogen (secondary N) is 1. The molecular formula is C12H12F3N3O3. The Morgan fingerprint density at radius 2 is 1.81 bits per heavy atom. The number of ketones is 1. The molecule has 1 aromatic carbocycles. The van der Waals surface area contributed by atoms with E-state index in [1.54, 1.807) is 0 Å². The number of rotatable bonds is 5. The number of benzene rings is 1. The van der Waals surface area contributed by atoms with Crippen LogP contribution in [0.25, 0.3) is 5.70 Å². The highest BCUT2D eigenvalue weighted by molar-refractivity contribution is 6.00. The van der Waals surface area contributed by atoms with Gasteiger partial charge in [0, 0.05) is 32.3 Å². The average molecular weight is 303 g/mol. The molecule has 0 radical (unpaired) electrons. The number of hydrazine groups is 1. The van der Waals surface area contributed by atoms with Gasteiger partial charge in [-0.25, -0.2) is 5.01 Å². The third kappa shape index (κ3) is 4.88. The van der Waals surface area contributed by atoms with Gasteiger partial charge in [-0.15, -0.1) is 0 Å². The Morgan fingerprint density at radius 3 is 2.19 bits per heavy atom. The van der Waals surface area contributed by atoms with E-state index < -0.39 is 16.9 Å². The number of allylic oxidation sites excluding steroid dienone is 1. The second-order valence-corrected chi connectivity index (χ2v) is 4.23. The normalized spacial score (nSPS) is 12.4. The molecule has 0 aliphatic rings. The highest BCUT2D eigenvalue weighted by atomic mass is 19.4. The molecule has 0 aromatic heterocycles. The number of nitro groups is 1. The van der Waals surface area contributed by atoms with Gasteiger partial charge in [-0.1, -0.05) is 0 Å². The maximum atomic E-state index is 12.3. The first-order valence-corrected chi connectivity index (χ1v) is 5.63. The Bertz CT molecular complexity index is 565. The van der Waals surface area contributed by atoms with Crippen molar-refractivity contribution in [3.63, 3.8) is 0 Å². The molecule has 0 aliphatic carbocycles. The van der Waals surface area contributed by atoms with Crippen LogP contribution in [0.1, 0.15) is 5.56 Å². The van der Waals surface area contributed by atoms with Crippen LogP contribution in [0.4, 0.5) is 18.9 Å². The van der Waals surface area contributed by atoms with E-state index in [1.807, 2.05) is 0 Å². The third-order valence-electron chi connectivity index (χ3n) is 2.29. The number of carbonyl (C=O) groups excluding carboxylic acids is 1. The van der Waals surface area contributed by atoms with Gasteiger partial charge < -0.3 is 5.43 Å². The zero-order chi connectivity index (χ0) is 16.2. The number of nitrogens with zero attached hydrogens (tertiary/aromatic N) is 2. The van der Waals surface area contributed by atoms with Crippen LogP contribution < -0.4 is 5.43 Å². The smallest absolute Gasteiger partial charge is 0.319 e. The molecule has 1 N–H and O–H groups in total. The van der Waals surface area contributed by atoms with Gasteiger partial charge in [0.2, 0.25) is 0 Å². The van der Waals surface area contributed by atoms with E-state index >= 15 is 0 Å². The number of nitro benzene ring substituents is 1. The summed E-state index contributed by atoms with van der Waals surface area (Å²) >= 11 is 0. The van der Waals surface area contributed by atoms with E-state index in [0.717, 1.165) is 12.1 Å². The average Bonchev–Trinajstić information content (AvgIpc) is 2.36. The first-order valence-electron chi connectivity index (χ1n) is 5.63. The highest BCUT2D eigenvalue weighted by Gasteiger charge is 2.37. The maximum Gasteiger partial charge on any atom is 0.454 e. The number of non-ortho nitro benzene ring substituents is 1. The van der Waals surface area contributed by atoms with Crippen LogP contribution in [0.3, 0.4) is 0 Å². The van der Waals surface area contributed by atoms with Crippen LogP contribution in [-0.4, -0.2) is 36.0 Å². The standard InChI is InChI=1S/C12H12F3N3O3/c1-17(2)16-10(7-11(19)12(13,14)15)8-3-5-9(6-4-8)18(20)21/h3-7,16H,1-2H3. The number of hydrogen-bond donors (Lipinski definition) is 1. The monoisotopic (exact) mass is 303 g/mol. The Hall–Kier alpha value is -2.42. The molecule has 0 bridgehead atoms. The van der Waals surface area contributed by atoms with Crippen molar-refractivity contribution in [1.82, 2.24) is 10.4 Å². The predicted octanol–water partition coefficient (Wildman–Crippen LogP) is 2.13. The Kier molecular flexibility index (Phi) is 5.03. The molecule has 0 saturated heterocycles. The van der Waals surface area contributed by atoms with Gasteiger partial charge in [0.15, 0.2) is 0 Å². The number of halogens is 3. The molecule has 0 unspecified atom stereocenters. The van der Waals surface area contributed by atoms with Gasteiger partial charge in [-0.05, 0) is 17.7 Å². The largest absolute Gasteiger partial charge is 0.454 e. The highest BCUT2D eigenvalue weighted by Crippen LogP contribution is 2.21. The molecule has 1 aromatic rings. The van der Waals surface area contributed by atoms with Gasteiger partial charge in [-0.3, -0.25) is 14.9 Å². The molecule has 6 nitrogen and oxygen atoms in total. The summed E-state index contributed by atoms with van der Waals surface area (Å²) in [6.45, 7) is 0. The Labute approximate surface area is 118 Å². The molecule has 21 heavy (non-hydrogen) atoms. The lowest BCUT2D eigenvalue weighted by molar-refractivity contribution is -0.384. The van der Waals surface area contributed by atoms with Crippen LogP contribution in [0.2, 0.25) is 0 Å². The Morgan fingerprint density at radius 1 is 1.29 bits per heavy atom. The molecule has 0 amide bonds. The zero-order valence-corrected chi connectivity index (χ0v) is 11.1. The second-order valence-electron chi connectivity index (χ2n) is 4.23. The lowest BCUT2D eigenvalue weighted by atomic mass is 10.1. The topological polar surface area (TPSA) is 75.5 Å². The number of carbonyl (C=O) groups is 1. The van der Waals surface area contributed by atoms with Gasteiger partial charge >= 0.3 is 6.18 Å². The molecule has 1 rings (SSSR count). The van der Waals surface area contributed by atoms with E-state index in [-0.39, 0.29) is 16.9 Å².